The molecule has 0 atom stereocenters. The van der Waals surface area contributed by atoms with Crippen molar-refractivity contribution in [2.24, 2.45) is 0 Å². The predicted octanol–water partition coefficient (Wildman–Crippen LogP) is 3.47. The number of ketones is 1. The van der Waals surface area contributed by atoms with Gasteiger partial charge in [-0.25, -0.2) is 0 Å². The molecular formula is C20H23BO3W. The molecule has 1 heterocycles. The first-order chi connectivity index (χ1) is 11.2. The Morgan fingerprint density at radius 3 is 1.96 bits per heavy atom. The van der Waals surface area contributed by atoms with Gasteiger partial charge in [0.1, 0.15) is 5.78 Å². The topological polar surface area (TPSA) is 35.5 Å². The summed E-state index contributed by atoms with van der Waals surface area (Å²) in [6.07, 6.45) is 0. The van der Waals surface area contributed by atoms with Crippen LogP contribution in [-0.2, 0) is 30.4 Å². The van der Waals surface area contributed by atoms with Gasteiger partial charge in [-0.15, -0.1) is 5.46 Å². The summed E-state index contributed by atoms with van der Waals surface area (Å²) in [6, 6.07) is 20.8. The number of hydrogen-bond acceptors (Lipinski definition) is 3. The van der Waals surface area contributed by atoms with Gasteiger partial charge >= 0.3 is 28.2 Å². The summed E-state index contributed by atoms with van der Waals surface area (Å²) in [6.45, 7) is 9.55. The Morgan fingerprint density at radius 2 is 1.56 bits per heavy atom. The second-order valence-electron chi connectivity index (χ2n) is 6.75. The average Bonchev–Trinajstić information content (AvgIpc) is 2.78. The maximum Gasteiger partial charge on any atom is 2.00 e. The van der Waals surface area contributed by atoms with E-state index in [0.717, 1.165) is 5.46 Å². The number of Topliss-reactive ketones (excluding diaryl/α,β-unsaturated/α-hetero) is 1. The quantitative estimate of drug-likeness (QED) is 0.356. The monoisotopic (exact) mass is 506 g/mol. The van der Waals surface area contributed by atoms with Crippen molar-refractivity contribution in [1.29, 1.82) is 0 Å². The molecule has 130 valence electrons. The van der Waals surface area contributed by atoms with Crippen molar-refractivity contribution in [1.82, 2.24) is 0 Å². The van der Waals surface area contributed by atoms with Crippen molar-refractivity contribution in [3.05, 3.63) is 66.2 Å². The van der Waals surface area contributed by atoms with Gasteiger partial charge in [0, 0.05) is 0 Å². The van der Waals surface area contributed by atoms with Gasteiger partial charge in [0.2, 0.25) is 0 Å². The normalized spacial score (nSPS) is 17.1. The van der Waals surface area contributed by atoms with Crippen molar-refractivity contribution >= 4 is 18.4 Å². The molecule has 5 heteroatoms. The standard InChI is InChI=1S/C14H18BO3.C6H5.W/c1-10(16)11-7-6-8-12(9-11)15-17-13(2,3)14(4,5)18-15;1-2-4-6-5-3-1;/h6-7,9H,1-5H3;1-5H;/q2*-1;+2. The van der Waals surface area contributed by atoms with E-state index in [-0.39, 0.29) is 38.1 Å². The van der Waals surface area contributed by atoms with Crippen molar-refractivity contribution in [3.63, 3.8) is 0 Å². The van der Waals surface area contributed by atoms with E-state index in [0.29, 0.717) is 5.56 Å². The molecule has 0 amide bonds. The summed E-state index contributed by atoms with van der Waals surface area (Å²) in [7, 11) is -0.464. The summed E-state index contributed by atoms with van der Waals surface area (Å²) in [4.78, 5) is 11.4. The van der Waals surface area contributed by atoms with Crippen LogP contribution in [0.5, 0.6) is 0 Å². The first-order valence-electron chi connectivity index (χ1n) is 8.02. The summed E-state index contributed by atoms with van der Waals surface area (Å²) >= 11 is 0. The molecule has 1 saturated heterocycles. The van der Waals surface area contributed by atoms with E-state index in [9.17, 15) is 4.79 Å². The van der Waals surface area contributed by atoms with Crippen LogP contribution in [-0.4, -0.2) is 24.1 Å². The zero-order chi connectivity index (χ0) is 17.8. The van der Waals surface area contributed by atoms with Gasteiger partial charge in [0.15, 0.2) is 0 Å². The van der Waals surface area contributed by atoms with Crippen LogP contribution in [0, 0.1) is 12.1 Å². The molecule has 0 N–H and O–H groups in total. The van der Waals surface area contributed by atoms with Crippen LogP contribution in [0.1, 0.15) is 45.0 Å². The third kappa shape index (κ3) is 5.64. The van der Waals surface area contributed by atoms with E-state index in [1.807, 2.05) is 58.0 Å². The van der Waals surface area contributed by atoms with Crippen LogP contribution in [0.25, 0.3) is 0 Å². The molecule has 0 spiro atoms. The molecule has 0 unspecified atom stereocenters. The SMILES string of the molecule is CC(=O)c1cc[c-]c(B2OC(C)(C)C(C)(C)O2)c1.[W+2].[c-]1ccccc1. The molecule has 2 aromatic carbocycles. The van der Waals surface area contributed by atoms with Crippen LogP contribution < -0.4 is 5.46 Å². The predicted molar refractivity (Wildman–Crippen MR) is 96.3 cm³/mol. The molecule has 1 aliphatic heterocycles. The fraction of sp³-hybridized carbons (Fsp3) is 0.350. The Hall–Kier alpha value is -1.22. The molecule has 0 radical (unpaired) electrons. The summed E-state index contributed by atoms with van der Waals surface area (Å²) in [5, 5.41) is 0. The molecule has 3 rings (SSSR count). The van der Waals surface area contributed by atoms with Crippen LogP contribution >= 0.6 is 0 Å². The fourth-order valence-electron chi connectivity index (χ4n) is 2.15. The zero-order valence-corrected chi connectivity index (χ0v) is 18.3. The van der Waals surface area contributed by atoms with Gasteiger partial charge < -0.3 is 9.31 Å². The minimum atomic E-state index is -0.464. The largest absolute Gasteiger partial charge is 2.00 e. The molecule has 0 saturated carbocycles. The smallest absolute Gasteiger partial charge is 0.401 e. The number of benzene rings is 2. The Balaban J connectivity index is 0.000000379. The first kappa shape index (κ1) is 21.8. The third-order valence-electron chi connectivity index (χ3n) is 4.34. The van der Waals surface area contributed by atoms with Gasteiger partial charge in [0.05, 0.1) is 11.2 Å². The van der Waals surface area contributed by atoms with Crippen molar-refractivity contribution in [2.45, 2.75) is 45.8 Å². The number of hydrogen-bond donors (Lipinski definition) is 0. The number of carbonyl (C=O) groups excluding carboxylic acids is 1. The van der Waals surface area contributed by atoms with Crippen LogP contribution in [0.2, 0.25) is 0 Å². The van der Waals surface area contributed by atoms with Crippen LogP contribution in [0.15, 0.2) is 48.5 Å². The Labute approximate surface area is 165 Å². The fourth-order valence-corrected chi connectivity index (χ4v) is 2.15. The third-order valence-corrected chi connectivity index (χ3v) is 4.34. The molecular weight excluding hydrogens is 483 g/mol. The minimum Gasteiger partial charge on any atom is -0.401 e. The van der Waals surface area contributed by atoms with E-state index in [1.54, 1.807) is 25.1 Å². The molecule has 25 heavy (non-hydrogen) atoms. The summed E-state index contributed by atoms with van der Waals surface area (Å²) in [5.74, 6) is 0.0294. The molecule has 3 nitrogen and oxygen atoms in total. The molecule has 0 aromatic heterocycles. The van der Waals surface area contributed by atoms with Crippen LogP contribution in [0.3, 0.4) is 0 Å². The number of rotatable bonds is 2. The zero-order valence-electron chi connectivity index (χ0n) is 15.3. The average molecular weight is 506 g/mol. The van der Waals surface area contributed by atoms with Gasteiger partial charge in [-0.1, -0.05) is 5.56 Å². The van der Waals surface area contributed by atoms with E-state index < -0.39 is 7.12 Å². The summed E-state index contributed by atoms with van der Waals surface area (Å²) in [5.41, 5.74) is 0.662. The molecule has 1 fully saturated rings. The second-order valence-corrected chi connectivity index (χ2v) is 6.75. The summed E-state index contributed by atoms with van der Waals surface area (Å²) < 4.78 is 11.8. The Morgan fingerprint density at radius 1 is 1.00 bits per heavy atom. The minimum absolute atomic E-state index is 0. The van der Waals surface area contributed by atoms with Gasteiger partial charge in [-0.3, -0.25) is 4.79 Å². The van der Waals surface area contributed by atoms with E-state index in [2.05, 4.69) is 12.1 Å². The molecule has 0 bridgehead atoms. The van der Waals surface area contributed by atoms with Crippen molar-refractivity contribution in [2.75, 3.05) is 0 Å². The molecule has 2 aromatic rings. The van der Waals surface area contributed by atoms with Crippen LogP contribution in [0.4, 0.5) is 0 Å². The maximum absolute atomic E-state index is 11.4. The Kier molecular flexibility index (Phi) is 7.80. The van der Waals surface area contributed by atoms with Gasteiger partial charge in [-0.05, 0) is 34.6 Å². The first-order valence-corrected chi connectivity index (χ1v) is 8.02. The Bertz CT molecular complexity index is 644. The van der Waals surface area contributed by atoms with Gasteiger partial charge in [0.25, 0.3) is 0 Å². The van der Waals surface area contributed by atoms with Crippen molar-refractivity contribution in [3.8, 4) is 0 Å². The van der Waals surface area contributed by atoms with E-state index >= 15 is 0 Å². The van der Waals surface area contributed by atoms with E-state index in [4.69, 9.17) is 9.31 Å². The maximum atomic E-state index is 11.4. The number of carbonyl (C=O) groups is 1. The molecule has 1 aliphatic rings. The molecule has 0 aliphatic carbocycles. The van der Waals surface area contributed by atoms with E-state index in [1.165, 1.54) is 0 Å². The van der Waals surface area contributed by atoms with Crippen molar-refractivity contribution < 1.29 is 35.2 Å². The van der Waals surface area contributed by atoms with Gasteiger partial charge in [-0.2, -0.15) is 60.7 Å². The second kappa shape index (κ2) is 8.94.